The van der Waals surface area contributed by atoms with Gasteiger partial charge in [-0.05, 0) is 24.6 Å². The summed E-state index contributed by atoms with van der Waals surface area (Å²) in [5, 5.41) is 10.3. The third-order valence-corrected chi connectivity index (χ3v) is 2.82. The lowest BCUT2D eigenvalue weighted by atomic mass is 9.90. The van der Waals surface area contributed by atoms with Crippen LogP contribution in [0.25, 0.3) is 0 Å². The number of halogens is 2. The molecule has 4 heteroatoms. The minimum atomic E-state index is -1.36. The Morgan fingerprint density at radius 2 is 1.94 bits per heavy atom. The van der Waals surface area contributed by atoms with E-state index in [1.165, 1.54) is 25.3 Å². The fourth-order valence-corrected chi connectivity index (χ4v) is 1.82. The van der Waals surface area contributed by atoms with Crippen LogP contribution in [0.3, 0.4) is 0 Å². The van der Waals surface area contributed by atoms with E-state index in [1.807, 2.05) is 0 Å². The summed E-state index contributed by atoms with van der Waals surface area (Å²) in [5.41, 5.74) is -0.658. The number of hydrogen-bond acceptors (Lipinski definition) is 2. The smallest absolute Gasteiger partial charge is 0.141 e. The molecular formula is C14H13F2NO. The fraction of sp³-hybridized carbons (Fsp3) is 0.214. The monoisotopic (exact) mass is 249 g/mol. The van der Waals surface area contributed by atoms with Gasteiger partial charge in [-0.15, -0.1) is 0 Å². The molecule has 2 aromatic rings. The van der Waals surface area contributed by atoms with Crippen molar-refractivity contribution >= 4 is 0 Å². The summed E-state index contributed by atoms with van der Waals surface area (Å²) in [6, 6.07) is 7.40. The maximum Gasteiger partial charge on any atom is 0.141 e. The summed E-state index contributed by atoms with van der Waals surface area (Å²) in [7, 11) is 0. The average molecular weight is 249 g/mol. The number of nitrogens with zero attached hydrogens (tertiary/aromatic N) is 1. The third kappa shape index (κ3) is 2.71. The average Bonchev–Trinajstić information content (AvgIpc) is 2.32. The molecule has 1 aromatic heterocycles. The molecule has 1 unspecified atom stereocenters. The molecule has 0 aliphatic rings. The van der Waals surface area contributed by atoms with Crippen LogP contribution in [-0.4, -0.2) is 10.1 Å². The molecule has 0 spiro atoms. The highest BCUT2D eigenvalue weighted by atomic mass is 19.1. The number of rotatable bonds is 3. The van der Waals surface area contributed by atoms with E-state index in [2.05, 4.69) is 4.98 Å². The van der Waals surface area contributed by atoms with Gasteiger partial charge in [-0.3, -0.25) is 4.98 Å². The highest BCUT2D eigenvalue weighted by Gasteiger charge is 2.25. The van der Waals surface area contributed by atoms with Crippen LogP contribution in [0.1, 0.15) is 18.1 Å². The summed E-state index contributed by atoms with van der Waals surface area (Å²) < 4.78 is 26.6. The van der Waals surface area contributed by atoms with Crippen LogP contribution in [0.15, 0.2) is 42.7 Å². The Morgan fingerprint density at radius 1 is 1.22 bits per heavy atom. The second-order valence-electron chi connectivity index (χ2n) is 4.43. The lowest BCUT2D eigenvalue weighted by Gasteiger charge is -2.23. The van der Waals surface area contributed by atoms with Crippen molar-refractivity contribution in [3.63, 3.8) is 0 Å². The molecule has 1 heterocycles. The van der Waals surface area contributed by atoms with Gasteiger partial charge >= 0.3 is 0 Å². The Labute approximate surface area is 104 Å². The van der Waals surface area contributed by atoms with Crippen molar-refractivity contribution in [2.45, 2.75) is 18.9 Å². The molecule has 1 N–H and O–H groups in total. The number of aliphatic hydroxyl groups is 1. The van der Waals surface area contributed by atoms with Gasteiger partial charge in [-0.1, -0.05) is 18.2 Å². The van der Waals surface area contributed by atoms with Gasteiger partial charge in [0.1, 0.15) is 11.6 Å². The van der Waals surface area contributed by atoms with Crippen LogP contribution in [0.2, 0.25) is 0 Å². The molecule has 0 aliphatic carbocycles. The lowest BCUT2D eigenvalue weighted by Crippen LogP contribution is -2.25. The summed E-state index contributed by atoms with van der Waals surface area (Å²) >= 11 is 0. The first-order valence-electron chi connectivity index (χ1n) is 5.56. The highest BCUT2D eigenvalue weighted by Crippen LogP contribution is 2.26. The van der Waals surface area contributed by atoms with Gasteiger partial charge < -0.3 is 5.11 Å². The van der Waals surface area contributed by atoms with Crippen molar-refractivity contribution in [1.82, 2.24) is 4.98 Å². The van der Waals surface area contributed by atoms with E-state index in [9.17, 15) is 13.9 Å². The van der Waals surface area contributed by atoms with Crippen LogP contribution < -0.4 is 0 Å². The first-order chi connectivity index (χ1) is 8.49. The standard InChI is InChI=1S/C14H13F2NO/c1-14(18,11-6-12(15)9-17-8-11)7-10-4-2-3-5-13(10)16/h2-6,8-9,18H,7H2,1H3. The largest absolute Gasteiger partial charge is 0.385 e. The molecule has 0 saturated heterocycles. The van der Waals surface area contributed by atoms with Crippen LogP contribution in [0, 0.1) is 11.6 Å². The summed E-state index contributed by atoms with van der Waals surface area (Å²) in [5.74, 6) is -0.913. The van der Waals surface area contributed by atoms with Gasteiger partial charge in [0.25, 0.3) is 0 Å². The number of pyridine rings is 1. The Hall–Kier alpha value is -1.81. The summed E-state index contributed by atoms with van der Waals surface area (Å²) in [6.45, 7) is 1.51. The van der Waals surface area contributed by atoms with Crippen molar-refractivity contribution in [3.05, 3.63) is 65.5 Å². The van der Waals surface area contributed by atoms with Crippen molar-refractivity contribution in [2.75, 3.05) is 0 Å². The van der Waals surface area contributed by atoms with Gasteiger partial charge in [-0.2, -0.15) is 0 Å². The van der Waals surface area contributed by atoms with Gasteiger partial charge in [-0.25, -0.2) is 8.78 Å². The molecule has 18 heavy (non-hydrogen) atoms. The van der Waals surface area contributed by atoms with Crippen molar-refractivity contribution in [2.24, 2.45) is 0 Å². The third-order valence-electron chi connectivity index (χ3n) is 2.82. The second kappa shape index (κ2) is 4.82. The van der Waals surface area contributed by atoms with Crippen LogP contribution in [0.4, 0.5) is 8.78 Å². The van der Waals surface area contributed by atoms with Gasteiger partial charge in [0.2, 0.25) is 0 Å². The van der Waals surface area contributed by atoms with Crippen LogP contribution >= 0.6 is 0 Å². The molecule has 1 atom stereocenters. The van der Waals surface area contributed by atoms with Crippen molar-refractivity contribution < 1.29 is 13.9 Å². The van der Waals surface area contributed by atoms with Crippen LogP contribution in [0.5, 0.6) is 0 Å². The minimum Gasteiger partial charge on any atom is -0.385 e. The lowest BCUT2D eigenvalue weighted by molar-refractivity contribution is 0.0560. The van der Waals surface area contributed by atoms with E-state index < -0.39 is 11.4 Å². The van der Waals surface area contributed by atoms with Gasteiger partial charge in [0.15, 0.2) is 0 Å². The zero-order valence-corrected chi connectivity index (χ0v) is 9.90. The van der Waals surface area contributed by atoms with E-state index >= 15 is 0 Å². The zero-order valence-electron chi connectivity index (χ0n) is 9.90. The number of aromatic nitrogens is 1. The minimum absolute atomic E-state index is 0.0603. The molecule has 0 bridgehead atoms. The maximum absolute atomic E-state index is 13.5. The van der Waals surface area contributed by atoms with Crippen molar-refractivity contribution in [1.29, 1.82) is 0 Å². The molecular weight excluding hydrogens is 236 g/mol. The molecule has 1 aromatic carbocycles. The molecule has 2 rings (SSSR count). The topological polar surface area (TPSA) is 33.1 Å². The predicted molar refractivity (Wildman–Crippen MR) is 63.9 cm³/mol. The van der Waals surface area contributed by atoms with E-state index in [4.69, 9.17) is 0 Å². The Kier molecular flexibility index (Phi) is 3.39. The molecule has 0 saturated carbocycles. The Bertz CT molecular complexity index is 555. The van der Waals surface area contributed by atoms with Gasteiger partial charge in [0, 0.05) is 18.2 Å². The van der Waals surface area contributed by atoms with E-state index in [0.29, 0.717) is 11.1 Å². The number of hydrogen-bond donors (Lipinski definition) is 1. The SMILES string of the molecule is CC(O)(Cc1ccccc1F)c1cncc(F)c1. The van der Waals surface area contributed by atoms with Crippen molar-refractivity contribution in [3.8, 4) is 0 Å². The quantitative estimate of drug-likeness (QED) is 0.907. The normalized spacial score (nSPS) is 14.2. The van der Waals surface area contributed by atoms with E-state index in [0.717, 1.165) is 6.20 Å². The fourth-order valence-electron chi connectivity index (χ4n) is 1.82. The first kappa shape index (κ1) is 12.6. The molecule has 0 radical (unpaired) electrons. The molecule has 0 amide bonds. The molecule has 0 fully saturated rings. The van der Waals surface area contributed by atoms with Gasteiger partial charge in [0.05, 0.1) is 11.8 Å². The van der Waals surface area contributed by atoms with E-state index in [1.54, 1.807) is 18.2 Å². The number of benzene rings is 1. The van der Waals surface area contributed by atoms with Crippen LogP contribution in [-0.2, 0) is 12.0 Å². The highest BCUT2D eigenvalue weighted by molar-refractivity contribution is 5.25. The van der Waals surface area contributed by atoms with E-state index in [-0.39, 0.29) is 12.2 Å². The maximum atomic E-state index is 13.5. The first-order valence-corrected chi connectivity index (χ1v) is 5.56. The Morgan fingerprint density at radius 3 is 2.61 bits per heavy atom. The molecule has 0 aliphatic heterocycles. The predicted octanol–water partition coefficient (Wildman–Crippen LogP) is 2.81. The zero-order chi connectivity index (χ0) is 13.2. The summed E-state index contributed by atoms with van der Waals surface area (Å²) in [4.78, 5) is 3.69. The summed E-state index contributed by atoms with van der Waals surface area (Å²) in [6.07, 6.45) is 2.50. The molecule has 2 nitrogen and oxygen atoms in total. The Balaban J connectivity index is 2.30. The second-order valence-corrected chi connectivity index (χ2v) is 4.43. The molecule has 94 valence electrons.